The van der Waals surface area contributed by atoms with Crippen molar-refractivity contribution >= 4 is 17.7 Å². The van der Waals surface area contributed by atoms with E-state index in [0.29, 0.717) is 24.4 Å². The van der Waals surface area contributed by atoms with Crippen molar-refractivity contribution in [2.24, 2.45) is 11.3 Å². The van der Waals surface area contributed by atoms with Gasteiger partial charge in [0.2, 0.25) is 0 Å². The van der Waals surface area contributed by atoms with Gasteiger partial charge in [0.15, 0.2) is 6.10 Å². The number of piperidine rings is 2. The van der Waals surface area contributed by atoms with Crippen LogP contribution in [0.3, 0.4) is 0 Å². The number of pyridine rings is 1. The van der Waals surface area contributed by atoms with Crippen molar-refractivity contribution in [2.75, 3.05) is 50.8 Å². The van der Waals surface area contributed by atoms with Crippen LogP contribution in [0.25, 0.3) is 0 Å². The van der Waals surface area contributed by atoms with E-state index < -0.39 is 12.1 Å². The van der Waals surface area contributed by atoms with Gasteiger partial charge in [0.1, 0.15) is 0 Å². The molecule has 8 heteroatoms. The molecule has 3 fully saturated rings. The molecule has 0 aliphatic carbocycles. The molecule has 3 aliphatic heterocycles. The summed E-state index contributed by atoms with van der Waals surface area (Å²) >= 11 is 0. The van der Waals surface area contributed by atoms with Gasteiger partial charge in [0.05, 0.1) is 6.61 Å². The van der Waals surface area contributed by atoms with E-state index in [0.717, 1.165) is 65.0 Å². The Hall–Kier alpha value is -2.35. The zero-order chi connectivity index (χ0) is 22.6. The third-order valence-electron chi connectivity index (χ3n) is 7.63. The fourth-order valence-electron chi connectivity index (χ4n) is 5.40. The van der Waals surface area contributed by atoms with Crippen LogP contribution in [0, 0.1) is 11.3 Å². The molecule has 32 heavy (non-hydrogen) atoms. The number of anilines is 1. The van der Waals surface area contributed by atoms with Crippen LogP contribution >= 0.6 is 0 Å². The number of carboxylic acids is 1. The van der Waals surface area contributed by atoms with E-state index in [-0.39, 0.29) is 6.03 Å². The lowest BCUT2D eigenvalue weighted by molar-refractivity contribution is -0.151. The van der Waals surface area contributed by atoms with Gasteiger partial charge in [-0.1, -0.05) is 6.92 Å². The highest BCUT2D eigenvalue weighted by Crippen LogP contribution is 2.42. The minimum absolute atomic E-state index is 0.167. The summed E-state index contributed by atoms with van der Waals surface area (Å²) in [5.74, 6) is -0.566. The van der Waals surface area contributed by atoms with E-state index in [1.807, 2.05) is 29.1 Å². The number of aromatic nitrogens is 1. The second-order valence-corrected chi connectivity index (χ2v) is 9.65. The molecule has 176 valence electrons. The predicted octanol–water partition coefficient (Wildman–Crippen LogP) is 3.09. The van der Waals surface area contributed by atoms with Crippen molar-refractivity contribution in [2.45, 2.75) is 51.6 Å². The number of carbonyl (C=O) groups is 2. The molecule has 3 saturated heterocycles. The normalized spacial score (nSPS) is 22.3. The number of aliphatic carboxylic acids is 1. The Labute approximate surface area is 190 Å². The Balaban J connectivity index is 1.20. The van der Waals surface area contributed by atoms with E-state index in [9.17, 15) is 9.59 Å². The number of carbonyl (C=O) groups excluding carboxylic acids is 1. The molecular weight excluding hydrogens is 408 g/mol. The van der Waals surface area contributed by atoms with Gasteiger partial charge in [0, 0.05) is 57.3 Å². The summed E-state index contributed by atoms with van der Waals surface area (Å²) in [7, 11) is 0. The van der Waals surface area contributed by atoms with Crippen LogP contribution in [0.4, 0.5) is 10.5 Å². The van der Waals surface area contributed by atoms with E-state index in [1.54, 1.807) is 0 Å². The van der Waals surface area contributed by atoms with Crippen molar-refractivity contribution in [1.82, 2.24) is 14.8 Å². The first-order valence-electron chi connectivity index (χ1n) is 12.0. The van der Waals surface area contributed by atoms with E-state index in [4.69, 9.17) is 9.84 Å². The zero-order valence-electron chi connectivity index (χ0n) is 19.1. The van der Waals surface area contributed by atoms with Crippen molar-refractivity contribution in [1.29, 1.82) is 0 Å². The highest BCUT2D eigenvalue weighted by molar-refractivity contribution is 5.74. The fraction of sp³-hybridized carbons (Fsp3) is 0.708. The minimum Gasteiger partial charge on any atom is -0.479 e. The largest absolute Gasteiger partial charge is 0.479 e. The maximum atomic E-state index is 13.1. The van der Waals surface area contributed by atoms with Crippen molar-refractivity contribution in [3.63, 3.8) is 0 Å². The average Bonchev–Trinajstić information content (AvgIpc) is 3.24. The van der Waals surface area contributed by atoms with Gasteiger partial charge in [-0.15, -0.1) is 0 Å². The van der Waals surface area contributed by atoms with Crippen LogP contribution in [-0.4, -0.2) is 83.9 Å². The Kier molecular flexibility index (Phi) is 7.18. The molecule has 4 rings (SSSR count). The molecule has 1 atom stereocenters. The Bertz CT molecular complexity index is 773. The molecule has 0 aromatic carbocycles. The minimum atomic E-state index is -0.894. The van der Waals surface area contributed by atoms with Crippen molar-refractivity contribution in [3.8, 4) is 0 Å². The molecule has 1 unspecified atom stereocenters. The highest BCUT2D eigenvalue weighted by Gasteiger charge is 2.42. The van der Waals surface area contributed by atoms with Gasteiger partial charge in [-0.05, 0) is 62.0 Å². The molecule has 4 heterocycles. The Morgan fingerprint density at radius 2 is 1.72 bits per heavy atom. The summed E-state index contributed by atoms with van der Waals surface area (Å²) < 4.78 is 5.58. The lowest BCUT2D eigenvalue weighted by Gasteiger charge is -2.42. The first kappa shape index (κ1) is 22.8. The molecule has 0 saturated carbocycles. The van der Waals surface area contributed by atoms with Gasteiger partial charge in [-0.25, -0.2) is 9.59 Å². The van der Waals surface area contributed by atoms with Crippen molar-refractivity contribution < 1.29 is 19.4 Å². The number of hydrogen-bond acceptors (Lipinski definition) is 5. The first-order chi connectivity index (χ1) is 15.5. The zero-order valence-corrected chi connectivity index (χ0v) is 19.1. The summed E-state index contributed by atoms with van der Waals surface area (Å²) in [6, 6.07) is 4.33. The van der Waals surface area contributed by atoms with Crippen LogP contribution < -0.4 is 4.90 Å². The summed E-state index contributed by atoms with van der Waals surface area (Å²) in [6.07, 6.45) is 8.54. The van der Waals surface area contributed by atoms with Crippen molar-refractivity contribution in [3.05, 3.63) is 24.5 Å². The maximum Gasteiger partial charge on any atom is 0.332 e. The van der Waals surface area contributed by atoms with E-state index in [1.165, 1.54) is 12.1 Å². The van der Waals surface area contributed by atoms with Crippen LogP contribution in [0.5, 0.6) is 0 Å². The van der Waals surface area contributed by atoms with Gasteiger partial charge in [0.25, 0.3) is 0 Å². The van der Waals surface area contributed by atoms with Crippen LogP contribution in [-0.2, 0) is 9.53 Å². The number of ether oxygens (including phenoxy) is 1. The topological polar surface area (TPSA) is 86.2 Å². The molecule has 0 bridgehead atoms. The number of carboxylic acid groups (broad SMARTS) is 1. The molecule has 1 aromatic heterocycles. The van der Waals surface area contributed by atoms with E-state index in [2.05, 4.69) is 22.0 Å². The smallest absolute Gasteiger partial charge is 0.332 e. The maximum absolute atomic E-state index is 13.1. The number of nitrogens with zero attached hydrogens (tertiary/aromatic N) is 4. The lowest BCUT2D eigenvalue weighted by Crippen LogP contribution is -2.51. The molecule has 2 amide bonds. The van der Waals surface area contributed by atoms with E-state index >= 15 is 0 Å². The van der Waals surface area contributed by atoms with Gasteiger partial charge < -0.3 is 24.5 Å². The van der Waals surface area contributed by atoms with Gasteiger partial charge >= 0.3 is 12.0 Å². The third-order valence-corrected chi connectivity index (χ3v) is 7.63. The molecule has 1 spiro atoms. The Morgan fingerprint density at radius 1 is 1.09 bits per heavy atom. The van der Waals surface area contributed by atoms with Crippen LogP contribution in [0.1, 0.15) is 45.4 Å². The summed E-state index contributed by atoms with van der Waals surface area (Å²) in [5.41, 5.74) is 1.57. The molecule has 1 aromatic rings. The number of amides is 2. The molecule has 8 nitrogen and oxygen atoms in total. The number of urea groups is 1. The average molecular weight is 445 g/mol. The van der Waals surface area contributed by atoms with Gasteiger partial charge in [-0.2, -0.15) is 0 Å². The first-order valence-corrected chi connectivity index (χ1v) is 12.0. The fourth-order valence-corrected chi connectivity index (χ4v) is 5.40. The number of hydrogen-bond donors (Lipinski definition) is 1. The standard InChI is InChI=1S/C24H36N4O4/c1-2-21(22(29)30)32-17-19-5-12-26(13-6-19)23(31)27-14-7-24(8-15-27)9-16-28(18-24)20-3-10-25-11-4-20/h3-4,10-11,19,21H,2,5-9,12-18H2,1H3,(H,29,30). The molecule has 1 N–H and O–H groups in total. The monoisotopic (exact) mass is 444 g/mol. The SMILES string of the molecule is CCC(OCC1CCN(C(=O)N2CCC3(CC2)CCN(c2ccncc2)C3)CC1)C(=O)O. The third kappa shape index (κ3) is 5.17. The molecule has 0 radical (unpaired) electrons. The predicted molar refractivity (Wildman–Crippen MR) is 122 cm³/mol. The highest BCUT2D eigenvalue weighted by atomic mass is 16.5. The molecular formula is C24H36N4O4. The lowest BCUT2D eigenvalue weighted by atomic mass is 9.78. The second kappa shape index (κ2) is 10.1. The summed E-state index contributed by atoms with van der Waals surface area (Å²) in [5, 5.41) is 9.12. The quantitative estimate of drug-likeness (QED) is 0.726. The Morgan fingerprint density at radius 3 is 2.34 bits per heavy atom. The number of likely N-dealkylation sites (tertiary alicyclic amines) is 2. The second-order valence-electron chi connectivity index (χ2n) is 9.65. The summed E-state index contributed by atoms with van der Waals surface area (Å²) in [6.45, 7) is 7.57. The van der Waals surface area contributed by atoms with Crippen LogP contribution in [0.2, 0.25) is 0 Å². The molecule has 3 aliphatic rings. The number of rotatable bonds is 6. The van der Waals surface area contributed by atoms with Crippen LogP contribution in [0.15, 0.2) is 24.5 Å². The summed E-state index contributed by atoms with van der Waals surface area (Å²) in [4.78, 5) is 34.8. The van der Waals surface area contributed by atoms with Gasteiger partial charge in [-0.3, -0.25) is 4.98 Å².